The van der Waals surface area contributed by atoms with Crippen molar-refractivity contribution in [1.82, 2.24) is 10.2 Å². The molecule has 2 saturated carbocycles. The van der Waals surface area contributed by atoms with Crippen molar-refractivity contribution in [3.05, 3.63) is 35.4 Å². The maximum atomic E-state index is 11.7. The van der Waals surface area contributed by atoms with Gasteiger partial charge in [-0.25, -0.2) is 0 Å². The lowest BCUT2D eigenvalue weighted by Gasteiger charge is -2.44. The lowest BCUT2D eigenvalue weighted by Crippen LogP contribution is -2.48. The summed E-state index contributed by atoms with van der Waals surface area (Å²) >= 11 is 0. The topological polar surface area (TPSA) is 32.3 Å². The van der Waals surface area contributed by atoms with Gasteiger partial charge in [0.25, 0.3) is 0 Å². The normalized spacial score (nSPS) is 35.9. The molecule has 1 aromatic carbocycles. The van der Waals surface area contributed by atoms with Gasteiger partial charge < -0.3 is 10.2 Å². The molecule has 2 bridgehead atoms. The fourth-order valence-electron chi connectivity index (χ4n) is 6.68. The monoisotopic (exact) mass is 338 g/mol. The van der Waals surface area contributed by atoms with Crippen molar-refractivity contribution in [2.75, 3.05) is 13.1 Å². The largest absolute Gasteiger partial charge is 0.349 e. The van der Waals surface area contributed by atoms with E-state index in [1.165, 1.54) is 62.7 Å². The lowest BCUT2D eigenvalue weighted by molar-refractivity contribution is -0.119. The predicted octanol–water partition coefficient (Wildman–Crippen LogP) is 3.79. The van der Waals surface area contributed by atoms with Crippen LogP contribution >= 0.6 is 0 Å². The van der Waals surface area contributed by atoms with Crippen molar-refractivity contribution < 1.29 is 4.79 Å². The van der Waals surface area contributed by atoms with Crippen molar-refractivity contribution in [1.29, 1.82) is 0 Å². The molecule has 1 amide bonds. The van der Waals surface area contributed by atoms with E-state index in [9.17, 15) is 4.79 Å². The zero-order chi connectivity index (χ0) is 17.0. The Morgan fingerprint density at radius 3 is 2.64 bits per heavy atom. The second-order valence-electron chi connectivity index (χ2n) is 9.10. The first-order valence-electron chi connectivity index (χ1n) is 10.3. The molecule has 134 valence electrons. The van der Waals surface area contributed by atoms with Gasteiger partial charge in [0.2, 0.25) is 5.91 Å². The van der Waals surface area contributed by atoms with E-state index in [2.05, 4.69) is 34.5 Å². The van der Waals surface area contributed by atoms with Crippen LogP contribution < -0.4 is 5.32 Å². The number of amides is 1. The average molecular weight is 338 g/mol. The van der Waals surface area contributed by atoms with Crippen LogP contribution in [0.15, 0.2) is 24.3 Å². The van der Waals surface area contributed by atoms with Gasteiger partial charge in [0.1, 0.15) is 0 Å². The van der Waals surface area contributed by atoms with Crippen LogP contribution in [0, 0.1) is 11.8 Å². The maximum Gasteiger partial charge on any atom is 0.217 e. The van der Waals surface area contributed by atoms with Gasteiger partial charge in [0, 0.05) is 18.4 Å². The molecular formula is C22H30N2O. The molecule has 3 heteroatoms. The van der Waals surface area contributed by atoms with Gasteiger partial charge in [-0.1, -0.05) is 30.7 Å². The number of piperidine rings is 1. The van der Waals surface area contributed by atoms with E-state index in [4.69, 9.17) is 0 Å². The third kappa shape index (κ3) is 2.54. The number of hydrogen-bond donors (Lipinski definition) is 1. The molecule has 3 fully saturated rings. The van der Waals surface area contributed by atoms with E-state index >= 15 is 0 Å². The van der Waals surface area contributed by atoms with Gasteiger partial charge in [0.15, 0.2) is 0 Å². The van der Waals surface area contributed by atoms with Crippen molar-refractivity contribution in [3.63, 3.8) is 0 Å². The highest BCUT2D eigenvalue weighted by Crippen LogP contribution is 2.53. The molecule has 3 nitrogen and oxygen atoms in total. The standard InChI is InChI=1S/C22H30N2O/c1-15(25)23-20-14-22(19-5-3-2-4-18(19)20)8-10-24(11-9-22)21-13-16-6-7-17(21)12-16/h2-5,16-17,20-21H,6-14H2,1H3,(H,23,25)/t16-,17+,20-,21?/m0/s1. The van der Waals surface area contributed by atoms with Crippen molar-refractivity contribution >= 4 is 5.91 Å². The minimum absolute atomic E-state index is 0.0938. The van der Waals surface area contributed by atoms with Crippen LogP contribution in [0.25, 0.3) is 0 Å². The predicted molar refractivity (Wildman–Crippen MR) is 99.3 cm³/mol. The van der Waals surface area contributed by atoms with E-state index < -0.39 is 0 Å². The molecule has 1 aromatic rings. The molecule has 4 atom stereocenters. The Bertz CT molecular complexity index is 676. The fraction of sp³-hybridized carbons (Fsp3) is 0.682. The summed E-state index contributed by atoms with van der Waals surface area (Å²) in [6.07, 6.45) is 9.54. The Balaban J connectivity index is 1.34. The Labute approximate surface area is 151 Å². The summed E-state index contributed by atoms with van der Waals surface area (Å²) in [5.41, 5.74) is 3.17. The van der Waals surface area contributed by atoms with Gasteiger partial charge >= 0.3 is 0 Å². The van der Waals surface area contributed by atoms with E-state index in [0.717, 1.165) is 24.3 Å². The molecule has 25 heavy (non-hydrogen) atoms. The number of fused-ring (bicyclic) bond motifs is 4. The molecule has 3 aliphatic carbocycles. The van der Waals surface area contributed by atoms with Gasteiger partial charge in [-0.2, -0.15) is 0 Å². The van der Waals surface area contributed by atoms with Gasteiger partial charge in [-0.05, 0) is 74.6 Å². The molecule has 1 saturated heterocycles. The van der Waals surface area contributed by atoms with Crippen LogP contribution in [0.5, 0.6) is 0 Å². The Morgan fingerprint density at radius 1 is 1.16 bits per heavy atom. The molecular weight excluding hydrogens is 308 g/mol. The van der Waals surface area contributed by atoms with E-state index in [1.54, 1.807) is 6.92 Å². The molecule has 4 aliphatic rings. The number of nitrogens with zero attached hydrogens (tertiary/aromatic N) is 1. The summed E-state index contributed by atoms with van der Waals surface area (Å²) in [5.74, 6) is 2.11. The molecule has 5 rings (SSSR count). The van der Waals surface area contributed by atoms with Crippen LogP contribution in [0.3, 0.4) is 0 Å². The molecule has 1 heterocycles. The number of nitrogens with one attached hydrogen (secondary N) is 1. The van der Waals surface area contributed by atoms with E-state index in [-0.39, 0.29) is 17.4 Å². The number of rotatable bonds is 2. The van der Waals surface area contributed by atoms with Crippen LogP contribution in [-0.2, 0) is 10.2 Å². The summed E-state index contributed by atoms with van der Waals surface area (Å²) < 4.78 is 0. The maximum absolute atomic E-state index is 11.7. The number of likely N-dealkylation sites (tertiary alicyclic amines) is 1. The lowest BCUT2D eigenvalue weighted by atomic mass is 9.73. The Kier molecular flexibility index (Phi) is 3.70. The first-order chi connectivity index (χ1) is 12.1. The Hall–Kier alpha value is -1.35. The summed E-state index contributed by atoms with van der Waals surface area (Å²) in [5, 5.41) is 3.21. The third-order valence-electron chi connectivity index (χ3n) is 7.80. The van der Waals surface area contributed by atoms with Crippen molar-refractivity contribution in [2.45, 2.75) is 69.4 Å². The molecule has 0 radical (unpaired) electrons. The fourth-order valence-corrected chi connectivity index (χ4v) is 6.68. The van der Waals surface area contributed by atoms with Crippen molar-refractivity contribution in [2.24, 2.45) is 11.8 Å². The molecule has 1 N–H and O–H groups in total. The quantitative estimate of drug-likeness (QED) is 0.890. The summed E-state index contributed by atoms with van der Waals surface area (Å²) in [6.45, 7) is 4.13. The van der Waals surface area contributed by atoms with Crippen LogP contribution in [0.2, 0.25) is 0 Å². The summed E-state index contributed by atoms with van der Waals surface area (Å²) in [6, 6.07) is 9.94. The summed E-state index contributed by atoms with van der Waals surface area (Å²) in [7, 11) is 0. The highest BCUT2D eigenvalue weighted by atomic mass is 16.1. The molecule has 1 aliphatic heterocycles. The minimum Gasteiger partial charge on any atom is -0.349 e. The number of carbonyl (C=O) groups excluding carboxylic acids is 1. The second kappa shape index (κ2) is 5.84. The first kappa shape index (κ1) is 15.9. The molecule has 0 aromatic heterocycles. The minimum atomic E-state index is 0.0938. The number of benzene rings is 1. The second-order valence-corrected chi connectivity index (χ2v) is 9.10. The van der Waals surface area contributed by atoms with Gasteiger partial charge in [-0.15, -0.1) is 0 Å². The first-order valence-corrected chi connectivity index (χ1v) is 10.3. The van der Waals surface area contributed by atoms with E-state index in [1.807, 2.05) is 0 Å². The third-order valence-corrected chi connectivity index (χ3v) is 7.80. The Morgan fingerprint density at radius 2 is 1.96 bits per heavy atom. The SMILES string of the molecule is CC(=O)N[C@H]1CC2(CCN(C3C[C@H]4CC[C@@H]3C4)CC2)c2ccccc21. The van der Waals surface area contributed by atoms with Crippen LogP contribution in [-0.4, -0.2) is 29.9 Å². The van der Waals surface area contributed by atoms with E-state index in [0.29, 0.717) is 0 Å². The van der Waals surface area contributed by atoms with Crippen molar-refractivity contribution in [3.8, 4) is 0 Å². The summed E-state index contributed by atoms with van der Waals surface area (Å²) in [4.78, 5) is 14.5. The molecule has 1 unspecified atom stereocenters. The number of hydrogen-bond acceptors (Lipinski definition) is 2. The highest BCUT2D eigenvalue weighted by Gasteiger charge is 2.48. The highest BCUT2D eigenvalue weighted by molar-refractivity contribution is 5.73. The van der Waals surface area contributed by atoms with Gasteiger partial charge in [0.05, 0.1) is 6.04 Å². The zero-order valence-electron chi connectivity index (χ0n) is 15.3. The average Bonchev–Trinajstić information content (AvgIpc) is 3.31. The smallest absolute Gasteiger partial charge is 0.217 e. The zero-order valence-corrected chi connectivity index (χ0v) is 15.3. The van der Waals surface area contributed by atoms with Crippen LogP contribution in [0.4, 0.5) is 0 Å². The van der Waals surface area contributed by atoms with Crippen LogP contribution in [0.1, 0.15) is 69.0 Å². The molecule has 1 spiro atoms. The number of carbonyl (C=O) groups is 1. The van der Waals surface area contributed by atoms with Gasteiger partial charge in [-0.3, -0.25) is 4.79 Å².